The van der Waals surface area contributed by atoms with Crippen molar-refractivity contribution in [3.05, 3.63) is 45.9 Å². The zero-order valence-electron chi connectivity index (χ0n) is 29.4. The lowest BCUT2D eigenvalue weighted by Gasteiger charge is -2.38. The summed E-state index contributed by atoms with van der Waals surface area (Å²) in [7, 11) is 0. The number of carbonyl (C=O) groups excluding carboxylic acids is 4. The summed E-state index contributed by atoms with van der Waals surface area (Å²) in [5.74, 6) is -2.42. The number of carbonyl (C=O) groups is 4. The first-order chi connectivity index (χ1) is 24.5. The van der Waals surface area contributed by atoms with Crippen LogP contribution in [0.15, 0.2) is 30.3 Å². The van der Waals surface area contributed by atoms with Crippen LogP contribution in [0.25, 0.3) is 0 Å². The van der Waals surface area contributed by atoms with E-state index in [1.165, 1.54) is 0 Å². The van der Waals surface area contributed by atoms with E-state index in [9.17, 15) is 28.0 Å². The molecular weight excluding hydrogens is 679 g/mol. The number of aryl methyl sites for hydroxylation is 1. The van der Waals surface area contributed by atoms with Gasteiger partial charge in [-0.1, -0.05) is 18.2 Å². The van der Waals surface area contributed by atoms with Crippen molar-refractivity contribution in [1.29, 1.82) is 0 Å². The minimum atomic E-state index is -2.65. The molecule has 4 aliphatic heterocycles. The van der Waals surface area contributed by atoms with Gasteiger partial charge in [0.05, 0.1) is 29.7 Å². The standard InChI is InChI=1S/C37H50F2N6O5S/c1-25-31-22-33(47)45(28-13-20-43(21-14-28)34(48)24-50-29-6-3-2-4-7-29)23-32(46)40-17-5-8-30(41-27-9-15-37(38,39)16-10-27)36(49)44-18-11-26(12-19-44)35(42-31)51-25/h2-4,6-7,26-28,30,41H,5,8-24H2,1H3,(H,40,46)/t30-/m0/s1. The van der Waals surface area contributed by atoms with Crippen LogP contribution in [0, 0.1) is 6.92 Å². The van der Waals surface area contributed by atoms with Crippen LogP contribution >= 0.6 is 11.3 Å². The number of hydrogen-bond acceptors (Lipinski definition) is 8. The second-order valence-electron chi connectivity index (χ2n) is 14.4. The molecule has 1 aliphatic carbocycles. The van der Waals surface area contributed by atoms with Crippen molar-refractivity contribution >= 4 is 35.0 Å². The lowest BCUT2D eigenvalue weighted by Crippen LogP contribution is -2.53. The Hall–Kier alpha value is -3.65. The van der Waals surface area contributed by atoms with Gasteiger partial charge in [-0.05, 0) is 70.4 Å². The highest BCUT2D eigenvalue weighted by molar-refractivity contribution is 7.11. The molecule has 1 atom stereocenters. The average Bonchev–Trinajstić information content (AvgIpc) is 3.50. The highest BCUT2D eigenvalue weighted by Gasteiger charge is 2.38. The van der Waals surface area contributed by atoms with Gasteiger partial charge in [-0.25, -0.2) is 13.8 Å². The zero-order chi connectivity index (χ0) is 36.0. The number of amides is 4. The molecule has 1 aromatic heterocycles. The SMILES string of the molecule is Cc1sc2nc1CC(=O)N(C1CCN(C(=O)COc3ccccc3)CC1)CC(=O)NCCC[C@H](NC1CCC(F)(F)CC1)C(=O)N1CCC2CC1. The van der Waals surface area contributed by atoms with Crippen LogP contribution in [0.3, 0.4) is 0 Å². The van der Waals surface area contributed by atoms with Crippen molar-refractivity contribution in [2.75, 3.05) is 45.9 Å². The molecule has 5 heterocycles. The summed E-state index contributed by atoms with van der Waals surface area (Å²) in [5.41, 5.74) is 0.720. The third-order valence-corrected chi connectivity index (χ3v) is 12.0. The van der Waals surface area contributed by atoms with Gasteiger partial charge in [-0.3, -0.25) is 19.2 Å². The largest absolute Gasteiger partial charge is 0.484 e. The van der Waals surface area contributed by atoms with Gasteiger partial charge in [0.2, 0.25) is 23.6 Å². The van der Waals surface area contributed by atoms with E-state index in [0.717, 1.165) is 28.4 Å². The summed E-state index contributed by atoms with van der Waals surface area (Å²) in [5, 5.41) is 7.33. The summed E-state index contributed by atoms with van der Waals surface area (Å²) in [6, 6.07) is 8.29. The molecule has 0 unspecified atom stereocenters. The van der Waals surface area contributed by atoms with Crippen molar-refractivity contribution in [2.24, 2.45) is 0 Å². The Bertz CT molecular complexity index is 1520. The van der Waals surface area contributed by atoms with Gasteiger partial charge in [-0.15, -0.1) is 11.3 Å². The number of alkyl halides is 2. The van der Waals surface area contributed by atoms with Gasteiger partial charge in [0.15, 0.2) is 6.61 Å². The maximum Gasteiger partial charge on any atom is 0.260 e. The molecule has 2 N–H and O–H groups in total. The van der Waals surface area contributed by atoms with E-state index in [1.54, 1.807) is 33.3 Å². The van der Waals surface area contributed by atoms with Crippen molar-refractivity contribution in [2.45, 2.75) is 108 Å². The molecule has 2 aromatic rings. The lowest BCUT2D eigenvalue weighted by molar-refractivity contribution is -0.141. The van der Waals surface area contributed by atoms with E-state index in [0.29, 0.717) is 77.0 Å². The van der Waals surface area contributed by atoms with Crippen LogP contribution in [0.1, 0.15) is 85.7 Å². The Morgan fingerprint density at radius 1 is 1.00 bits per heavy atom. The fourth-order valence-corrected chi connectivity index (χ4v) is 8.82. The van der Waals surface area contributed by atoms with E-state index in [2.05, 4.69) is 10.6 Å². The van der Waals surface area contributed by atoms with Crippen LogP contribution in [0.4, 0.5) is 8.78 Å². The smallest absolute Gasteiger partial charge is 0.260 e. The third-order valence-electron chi connectivity index (χ3n) is 10.8. The van der Waals surface area contributed by atoms with Crippen LogP contribution in [0.2, 0.25) is 0 Å². The highest BCUT2D eigenvalue weighted by Crippen LogP contribution is 2.35. The molecular formula is C37H50F2N6O5S. The summed E-state index contributed by atoms with van der Waals surface area (Å²) in [4.78, 5) is 65.2. The molecule has 4 amide bonds. The number of hydrogen-bond donors (Lipinski definition) is 2. The number of para-hydroxylation sites is 1. The van der Waals surface area contributed by atoms with Crippen molar-refractivity contribution in [3.63, 3.8) is 0 Å². The number of halogens is 2. The minimum absolute atomic E-state index is 0.0116. The average molecular weight is 729 g/mol. The van der Waals surface area contributed by atoms with Crippen LogP contribution in [-0.4, -0.2) is 113 Å². The number of fused-ring (bicyclic) bond motifs is 12. The molecule has 1 saturated carbocycles. The molecule has 278 valence electrons. The van der Waals surface area contributed by atoms with Crippen molar-refractivity contribution < 1.29 is 32.7 Å². The number of nitrogens with zero attached hydrogens (tertiary/aromatic N) is 4. The van der Waals surface area contributed by atoms with Gasteiger partial charge >= 0.3 is 0 Å². The summed E-state index contributed by atoms with van der Waals surface area (Å²) in [6.45, 7) is 4.18. The molecule has 3 fully saturated rings. The van der Waals surface area contributed by atoms with Crippen LogP contribution in [0.5, 0.6) is 5.75 Å². The number of ether oxygens (including phenoxy) is 1. The normalized spacial score (nSPS) is 23.5. The van der Waals surface area contributed by atoms with Crippen molar-refractivity contribution in [3.8, 4) is 5.75 Å². The monoisotopic (exact) mass is 728 g/mol. The van der Waals surface area contributed by atoms with E-state index < -0.39 is 12.0 Å². The highest BCUT2D eigenvalue weighted by atomic mass is 32.1. The first-order valence-corrected chi connectivity index (χ1v) is 19.3. The summed E-state index contributed by atoms with van der Waals surface area (Å²) in [6.07, 6.45) is 3.96. The second-order valence-corrected chi connectivity index (χ2v) is 15.6. The summed E-state index contributed by atoms with van der Waals surface area (Å²) >= 11 is 1.59. The van der Waals surface area contributed by atoms with E-state index >= 15 is 0 Å². The Kier molecular flexibility index (Phi) is 12.2. The fourth-order valence-electron chi connectivity index (χ4n) is 7.72. The van der Waals surface area contributed by atoms with Crippen molar-refractivity contribution in [1.82, 2.24) is 30.3 Å². The molecule has 11 nitrogen and oxygen atoms in total. The number of nitrogens with one attached hydrogen (secondary N) is 2. The fraction of sp³-hybridized carbons (Fsp3) is 0.649. The minimum Gasteiger partial charge on any atom is -0.484 e. The number of aromatic nitrogens is 1. The van der Waals surface area contributed by atoms with E-state index in [1.807, 2.05) is 30.0 Å². The molecule has 7 rings (SSSR count). The predicted molar refractivity (Wildman–Crippen MR) is 189 cm³/mol. The molecule has 0 spiro atoms. The molecule has 5 aliphatic rings. The zero-order valence-corrected chi connectivity index (χ0v) is 30.2. The number of benzene rings is 1. The Labute approximate surface area is 302 Å². The number of likely N-dealkylation sites (tertiary alicyclic amines) is 1. The predicted octanol–water partition coefficient (Wildman–Crippen LogP) is 4.04. The molecule has 51 heavy (non-hydrogen) atoms. The Morgan fingerprint density at radius 3 is 2.41 bits per heavy atom. The first-order valence-electron chi connectivity index (χ1n) is 18.5. The molecule has 4 bridgehead atoms. The molecule has 0 radical (unpaired) electrons. The number of thiazole rings is 1. The lowest BCUT2D eigenvalue weighted by atomic mass is 9.91. The Balaban J connectivity index is 1.13. The Morgan fingerprint density at radius 2 is 1.71 bits per heavy atom. The van der Waals surface area contributed by atoms with Gasteiger partial charge in [0, 0.05) is 68.4 Å². The quantitative estimate of drug-likeness (QED) is 0.461. The molecule has 2 saturated heterocycles. The van der Waals surface area contributed by atoms with Crippen LogP contribution < -0.4 is 15.4 Å². The van der Waals surface area contributed by atoms with Gasteiger partial charge in [-0.2, -0.15) is 0 Å². The first kappa shape index (κ1) is 37.1. The molecule has 14 heteroatoms. The maximum absolute atomic E-state index is 14.0. The van der Waals surface area contributed by atoms with Gasteiger partial charge < -0.3 is 30.1 Å². The molecule has 1 aromatic carbocycles. The van der Waals surface area contributed by atoms with Gasteiger partial charge in [0.25, 0.3) is 5.91 Å². The van der Waals surface area contributed by atoms with E-state index in [-0.39, 0.29) is 74.0 Å². The topological polar surface area (TPSA) is 124 Å². The van der Waals surface area contributed by atoms with Crippen LogP contribution in [-0.2, 0) is 25.6 Å². The number of rotatable bonds is 6. The van der Waals surface area contributed by atoms with Gasteiger partial charge in [0.1, 0.15) is 5.75 Å². The third kappa shape index (κ3) is 9.82. The number of piperidine rings is 2. The second kappa shape index (κ2) is 16.8. The van der Waals surface area contributed by atoms with E-state index in [4.69, 9.17) is 9.72 Å². The summed E-state index contributed by atoms with van der Waals surface area (Å²) < 4.78 is 33.4. The maximum atomic E-state index is 14.0.